The van der Waals surface area contributed by atoms with E-state index in [1.807, 2.05) is 18.2 Å². The Labute approximate surface area is 86.4 Å². The van der Waals surface area contributed by atoms with Crippen LogP contribution in [0.3, 0.4) is 0 Å². The molecule has 0 aliphatic rings. The minimum Gasteiger partial charge on any atom is -0.241 e. The molecule has 0 N–H and O–H groups in total. The highest BCUT2D eigenvalue weighted by molar-refractivity contribution is 7.18. The summed E-state index contributed by atoms with van der Waals surface area (Å²) in [6, 6.07) is 5.85. The van der Waals surface area contributed by atoms with E-state index in [0.717, 1.165) is 10.5 Å². The van der Waals surface area contributed by atoms with Crippen molar-refractivity contribution < 1.29 is 0 Å². The van der Waals surface area contributed by atoms with Crippen molar-refractivity contribution in [3.05, 3.63) is 28.2 Å². The summed E-state index contributed by atoms with van der Waals surface area (Å²) in [5, 5.41) is 1.94. The SMILES string of the molecule is CC(C)c1nc2cc(Cl)ccc2s1. The normalized spacial score (nSPS) is 11.4. The van der Waals surface area contributed by atoms with E-state index in [2.05, 4.69) is 18.8 Å². The van der Waals surface area contributed by atoms with Crippen LogP contribution in [0.5, 0.6) is 0 Å². The third-order valence-corrected chi connectivity index (χ3v) is 3.43. The summed E-state index contributed by atoms with van der Waals surface area (Å²) in [5.41, 5.74) is 1.02. The quantitative estimate of drug-likeness (QED) is 0.693. The maximum Gasteiger partial charge on any atom is 0.0963 e. The lowest BCUT2D eigenvalue weighted by atomic mass is 10.2. The number of hydrogen-bond donors (Lipinski definition) is 0. The van der Waals surface area contributed by atoms with E-state index in [9.17, 15) is 0 Å². The van der Waals surface area contributed by atoms with Crippen LogP contribution >= 0.6 is 22.9 Å². The lowest BCUT2D eigenvalue weighted by Gasteiger charge is -1.94. The van der Waals surface area contributed by atoms with E-state index in [-0.39, 0.29) is 0 Å². The summed E-state index contributed by atoms with van der Waals surface area (Å²) in [4.78, 5) is 4.51. The number of rotatable bonds is 1. The van der Waals surface area contributed by atoms with E-state index in [0.29, 0.717) is 5.92 Å². The Morgan fingerprint density at radius 3 is 2.85 bits per heavy atom. The number of hydrogen-bond acceptors (Lipinski definition) is 2. The Balaban J connectivity index is 2.62. The van der Waals surface area contributed by atoms with E-state index in [1.54, 1.807) is 11.3 Å². The predicted molar refractivity (Wildman–Crippen MR) is 58.7 cm³/mol. The Bertz CT molecular complexity index is 433. The summed E-state index contributed by atoms with van der Waals surface area (Å²) in [5.74, 6) is 0.496. The summed E-state index contributed by atoms with van der Waals surface area (Å²) < 4.78 is 1.22. The fourth-order valence-electron chi connectivity index (χ4n) is 1.17. The van der Waals surface area contributed by atoms with Crippen molar-refractivity contribution >= 4 is 33.2 Å². The molecular formula is C10H10ClNS. The molecule has 0 saturated carbocycles. The van der Waals surface area contributed by atoms with Crippen molar-refractivity contribution in [1.29, 1.82) is 0 Å². The highest BCUT2D eigenvalue weighted by atomic mass is 35.5. The second-order valence-electron chi connectivity index (χ2n) is 3.32. The van der Waals surface area contributed by atoms with Crippen molar-refractivity contribution in [2.75, 3.05) is 0 Å². The molecule has 1 aromatic carbocycles. The zero-order valence-electron chi connectivity index (χ0n) is 7.54. The van der Waals surface area contributed by atoms with Crippen molar-refractivity contribution in [2.45, 2.75) is 19.8 Å². The molecule has 0 radical (unpaired) electrons. The van der Waals surface area contributed by atoms with Crippen LogP contribution in [0.15, 0.2) is 18.2 Å². The molecule has 0 unspecified atom stereocenters. The molecule has 0 bridgehead atoms. The standard InChI is InChI=1S/C10H10ClNS/c1-6(2)10-12-8-5-7(11)3-4-9(8)13-10/h3-6H,1-2H3. The molecule has 2 rings (SSSR count). The van der Waals surface area contributed by atoms with Gasteiger partial charge in [-0.1, -0.05) is 25.4 Å². The van der Waals surface area contributed by atoms with Gasteiger partial charge in [-0.25, -0.2) is 4.98 Å². The molecule has 3 heteroatoms. The van der Waals surface area contributed by atoms with Gasteiger partial charge in [0, 0.05) is 10.9 Å². The topological polar surface area (TPSA) is 12.9 Å². The molecule has 13 heavy (non-hydrogen) atoms. The van der Waals surface area contributed by atoms with Crippen LogP contribution in [-0.4, -0.2) is 4.98 Å². The number of aromatic nitrogens is 1. The van der Waals surface area contributed by atoms with Gasteiger partial charge in [0.1, 0.15) is 0 Å². The summed E-state index contributed by atoms with van der Waals surface area (Å²) in [6.07, 6.45) is 0. The van der Waals surface area contributed by atoms with E-state index in [1.165, 1.54) is 9.71 Å². The molecule has 0 spiro atoms. The maximum atomic E-state index is 5.87. The Kier molecular flexibility index (Phi) is 2.26. The zero-order chi connectivity index (χ0) is 9.42. The molecule has 2 aromatic rings. The minimum absolute atomic E-state index is 0.496. The monoisotopic (exact) mass is 211 g/mol. The van der Waals surface area contributed by atoms with E-state index < -0.39 is 0 Å². The van der Waals surface area contributed by atoms with Crippen LogP contribution < -0.4 is 0 Å². The fourth-order valence-corrected chi connectivity index (χ4v) is 2.28. The summed E-state index contributed by atoms with van der Waals surface area (Å²) >= 11 is 7.62. The van der Waals surface area contributed by atoms with Gasteiger partial charge in [0.2, 0.25) is 0 Å². The molecule has 0 atom stereocenters. The number of thiazole rings is 1. The summed E-state index contributed by atoms with van der Waals surface area (Å²) in [6.45, 7) is 4.30. The smallest absolute Gasteiger partial charge is 0.0963 e. The average Bonchev–Trinajstić information content (AvgIpc) is 2.46. The van der Waals surface area contributed by atoms with Gasteiger partial charge in [0.15, 0.2) is 0 Å². The van der Waals surface area contributed by atoms with Gasteiger partial charge in [0.05, 0.1) is 15.2 Å². The van der Waals surface area contributed by atoms with Crippen molar-refractivity contribution in [1.82, 2.24) is 4.98 Å². The van der Waals surface area contributed by atoms with Gasteiger partial charge < -0.3 is 0 Å². The summed E-state index contributed by atoms with van der Waals surface area (Å²) in [7, 11) is 0. The van der Waals surface area contributed by atoms with Crippen molar-refractivity contribution in [3.63, 3.8) is 0 Å². The third-order valence-electron chi connectivity index (χ3n) is 1.86. The minimum atomic E-state index is 0.496. The average molecular weight is 212 g/mol. The van der Waals surface area contributed by atoms with Gasteiger partial charge in [-0.2, -0.15) is 0 Å². The molecule has 0 aliphatic carbocycles. The maximum absolute atomic E-state index is 5.87. The second-order valence-corrected chi connectivity index (χ2v) is 4.82. The Hall–Kier alpha value is -0.600. The largest absolute Gasteiger partial charge is 0.241 e. The first-order valence-electron chi connectivity index (χ1n) is 4.23. The molecule has 1 nitrogen and oxygen atoms in total. The van der Waals surface area contributed by atoms with Crippen LogP contribution in [-0.2, 0) is 0 Å². The molecule has 0 saturated heterocycles. The molecule has 68 valence electrons. The van der Waals surface area contributed by atoms with Crippen LogP contribution in [0.4, 0.5) is 0 Å². The molecule has 0 amide bonds. The van der Waals surface area contributed by atoms with Gasteiger partial charge in [-0.15, -0.1) is 11.3 Å². The van der Waals surface area contributed by atoms with Crippen LogP contribution in [0, 0.1) is 0 Å². The highest BCUT2D eigenvalue weighted by Gasteiger charge is 2.06. The zero-order valence-corrected chi connectivity index (χ0v) is 9.12. The van der Waals surface area contributed by atoms with E-state index >= 15 is 0 Å². The number of fused-ring (bicyclic) bond motifs is 1. The number of halogens is 1. The number of nitrogens with zero attached hydrogens (tertiary/aromatic N) is 1. The molecule has 1 heterocycles. The first-order valence-corrected chi connectivity index (χ1v) is 5.42. The number of benzene rings is 1. The van der Waals surface area contributed by atoms with Crippen molar-refractivity contribution in [2.24, 2.45) is 0 Å². The predicted octanol–water partition coefficient (Wildman–Crippen LogP) is 4.07. The van der Waals surface area contributed by atoms with Gasteiger partial charge in [0.25, 0.3) is 0 Å². The Morgan fingerprint density at radius 1 is 1.38 bits per heavy atom. The van der Waals surface area contributed by atoms with Crippen LogP contribution in [0.25, 0.3) is 10.2 Å². The van der Waals surface area contributed by atoms with Crippen LogP contribution in [0.2, 0.25) is 5.02 Å². The first-order chi connectivity index (χ1) is 6.16. The van der Waals surface area contributed by atoms with Gasteiger partial charge in [-0.05, 0) is 18.2 Å². The third kappa shape index (κ3) is 1.69. The van der Waals surface area contributed by atoms with Gasteiger partial charge >= 0.3 is 0 Å². The molecule has 0 aliphatic heterocycles. The molecule has 0 fully saturated rings. The highest BCUT2D eigenvalue weighted by Crippen LogP contribution is 2.28. The molecular weight excluding hydrogens is 202 g/mol. The van der Waals surface area contributed by atoms with Crippen molar-refractivity contribution in [3.8, 4) is 0 Å². The van der Waals surface area contributed by atoms with E-state index in [4.69, 9.17) is 11.6 Å². The van der Waals surface area contributed by atoms with Gasteiger partial charge in [-0.3, -0.25) is 0 Å². The Morgan fingerprint density at radius 2 is 2.15 bits per heavy atom. The second kappa shape index (κ2) is 3.28. The van der Waals surface area contributed by atoms with Crippen LogP contribution in [0.1, 0.15) is 24.8 Å². The fraction of sp³-hybridized carbons (Fsp3) is 0.300. The lowest BCUT2D eigenvalue weighted by molar-refractivity contribution is 0.857. The first kappa shape index (κ1) is 8.97. The lowest BCUT2D eigenvalue weighted by Crippen LogP contribution is -1.82. The molecule has 1 aromatic heterocycles.